The Hall–Kier alpha value is -2.10. The van der Waals surface area contributed by atoms with Gasteiger partial charge in [0.05, 0.1) is 18.4 Å². The predicted octanol–water partition coefficient (Wildman–Crippen LogP) is 2.86. The van der Waals surface area contributed by atoms with Crippen molar-refractivity contribution >= 4 is 5.97 Å². The molecule has 0 aliphatic heterocycles. The van der Waals surface area contributed by atoms with E-state index >= 15 is 0 Å². The third-order valence-electron chi connectivity index (χ3n) is 3.20. The van der Waals surface area contributed by atoms with Crippen LogP contribution in [0.25, 0.3) is 0 Å². The van der Waals surface area contributed by atoms with Crippen LogP contribution in [0.1, 0.15) is 37.6 Å². The van der Waals surface area contributed by atoms with Crippen LogP contribution in [0.15, 0.2) is 36.8 Å². The Morgan fingerprint density at radius 2 is 1.90 bits per heavy atom. The third kappa shape index (κ3) is 3.70. The van der Waals surface area contributed by atoms with E-state index in [-0.39, 0.29) is 11.8 Å². The molecule has 0 spiro atoms. The molecular weight excluding hydrogens is 252 g/mol. The molecule has 20 heavy (non-hydrogen) atoms. The highest BCUT2D eigenvalue weighted by Gasteiger charge is 2.12. The number of carboxylic acid groups (broad SMARTS) is 1. The fourth-order valence-corrected chi connectivity index (χ4v) is 2.06. The topological polar surface area (TPSA) is 55.1 Å². The molecular formula is C16H20N2O2. The van der Waals surface area contributed by atoms with E-state index in [0.717, 1.165) is 0 Å². The quantitative estimate of drug-likeness (QED) is 0.931. The number of hydrogen-bond acceptors (Lipinski definition) is 2. The number of aliphatic carboxylic acids is 1. The Bertz CT molecular complexity index is 592. The Morgan fingerprint density at radius 1 is 1.25 bits per heavy atom. The second kappa shape index (κ2) is 5.49. The summed E-state index contributed by atoms with van der Waals surface area (Å²) in [7, 11) is 0. The van der Waals surface area contributed by atoms with Gasteiger partial charge in [-0.15, -0.1) is 0 Å². The van der Waals surface area contributed by atoms with E-state index in [2.05, 4.69) is 50.0 Å². The highest BCUT2D eigenvalue weighted by Crippen LogP contribution is 2.22. The first kappa shape index (κ1) is 14.3. The van der Waals surface area contributed by atoms with Crippen LogP contribution in [-0.2, 0) is 23.2 Å². The van der Waals surface area contributed by atoms with Gasteiger partial charge in [0.25, 0.3) is 0 Å². The molecule has 0 aliphatic carbocycles. The van der Waals surface area contributed by atoms with Gasteiger partial charge >= 0.3 is 5.97 Å². The molecule has 4 heteroatoms. The fourth-order valence-electron chi connectivity index (χ4n) is 2.06. The summed E-state index contributed by atoms with van der Waals surface area (Å²) in [6, 6.07) is 8.50. The summed E-state index contributed by atoms with van der Waals surface area (Å²) in [6.45, 7) is 7.28. The maximum atomic E-state index is 10.6. The van der Waals surface area contributed by atoms with E-state index in [1.165, 1.54) is 11.1 Å². The molecule has 0 aliphatic rings. The van der Waals surface area contributed by atoms with Crippen LogP contribution in [0.3, 0.4) is 0 Å². The minimum atomic E-state index is -0.857. The van der Waals surface area contributed by atoms with Gasteiger partial charge in [0, 0.05) is 12.7 Å². The van der Waals surface area contributed by atoms with Crippen LogP contribution in [0.4, 0.5) is 0 Å². The van der Waals surface area contributed by atoms with Crippen molar-refractivity contribution in [3.8, 4) is 0 Å². The van der Waals surface area contributed by atoms with Crippen LogP contribution in [0.5, 0.6) is 0 Å². The normalized spacial score (nSPS) is 11.6. The van der Waals surface area contributed by atoms with Crippen molar-refractivity contribution in [2.75, 3.05) is 0 Å². The Labute approximate surface area is 119 Å². The van der Waals surface area contributed by atoms with Crippen LogP contribution < -0.4 is 0 Å². The molecule has 0 bridgehead atoms. The van der Waals surface area contributed by atoms with Crippen LogP contribution >= 0.6 is 0 Å². The first-order valence-corrected chi connectivity index (χ1v) is 6.66. The highest BCUT2D eigenvalue weighted by molar-refractivity contribution is 5.69. The third-order valence-corrected chi connectivity index (χ3v) is 3.20. The summed E-state index contributed by atoms with van der Waals surface area (Å²) in [5, 5.41) is 8.72. The fraction of sp³-hybridized carbons (Fsp3) is 0.375. The van der Waals surface area contributed by atoms with Gasteiger partial charge in [0.15, 0.2) is 0 Å². The summed E-state index contributed by atoms with van der Waals surface area (Å²) in [5.41, 5.74) is 3.22. The van der Waals surface area contributed by atoms with Crippen LogP contribution in [0, 0.1) is 0 Å². The minimum absolute atomic E-state index is 0.0318. The van der Waals surface area contributed by atoms with Crippen molar-refractivity contribution in [1.82, 2.24) is 9.55 Å². The van der Waals surface area contributed by atoms with Crippen molar-refractivity contribution in [1.29, 1.82) is 0 Å². The second-order valence-corrected chi connectivity index (χ2v) is 6.05. The van der Waals surface area contributed by atoms with Gasteiger partial charge in [-0.1, -0.05) is 45.0 Å². The van der Waals surface area contributed by atoms with Gasteiger partial charge in [-0.05, 0) is 16.5 Å². The van der Waals surface area contributed by atoms with Gasteiger partial charge in [-0.2, -0.15) is 0 Å². The smallest absolute Gasteiger partial charge is 0.309 e. The maximum Gasteiger partial charge on any atom is 0.309 e. The molecule has 0 atom stereocenters. The summed E-state index contributed by atoms with van der Waals surface area (Å²) >= 11 is 0. The number of aromatic nitrogens is 2. The van der Waals surface area contributed by atoms with Gasteiger partial charge in [-0.3, -0.25) is 4.79 Å². The van der Waals surface area contributed by atoms with Crippen molar-refractivity contribution in [2.45, 2.75) is 39.2 Å². The highest BCUT2D eigenvalue weighted by atomic mass is 16.4. The average molecular weight is 272 g/mol. The van der Waals surface area contributed by atoms with Crippen molar-refractivity contribution in [3.05, 3.63) is 53.6 Å². The molecule has 2 aromatic rings. The molecule has 0 saturated heterocycles. The van der Waals surface area contributed by atoms with Gasteiger partial charge in [0.2, 0.25) is 0 Å². The van der Waals surface area contributed by atoms with Crippen molar-refractivity contribution in [3.63, 3.8) is 0 Å². The van der Waals surface area contributed by atoms with Crippen molar-refractivity contribution < 1.29 is 9.90 Å². The number of benzene rings is 1. The molecule has 2 rings (SSSR count). The molecule has 1 N–H and O–H groups in total. The SMILES string of the molecule is CC(C)(C)c1ccc(Cn2cnc(CC(=O)O)c2)cc1. The van der Waals surface area contributed by atoms with E-state index in [1.54, 1.807) is 12.5 Å². The first-order chi connectivity index (χ1) is 9.34. The summed E-state index contributed by atoms with van der Waals surface area (Å²) in [6.07, 6.45) is 3.43. The lowest BCUT2D eigenvalue weighted by Crippen LogP contribution is -2.10. The van der Waals surface area contributed by atoms with E-state index < -0.39 is 5.97 Å². The number of rotatable bonds is 4. The molecule has 0 radical (unpaired) electrons. The number of nitrogens with zero attached hydrogens (tertiary/aromatic N) is 2. The average Bonchev–Trinajstić information content (AvgIpc) is 2.75. The van der Waals surface area contributed by atoms with E-state index in [1.807, 2.05) is 4.57 Å². The molecule has 1 heterocycles. The molecule has 1 aromatic heterocycles. The molecule has 0 fully saturated rings. The second-order valence-electron chi connectivity index (χ2n) is 6.05. The Balaban J connectivity index is 2.06. The monoisotopic (exact) mass is 272 g/mol. The number of imidazole rings is 1. The van der Waals surface area contributed by atoms with Gasteiger partial charge in [0.1, 0.15) is 0 Å². The molecule has 0 saturated carbocycles. The lowest BCUT2D eigenvalue weighted by Gasteiger charge is -2.19. The Kier molecular flexibility index (Phi) is 3.93. The van der Waals surface area contributed by atoms with Gasteiger partial charge < -0.3 is 9.67 Å². The number of carboxylic acids is 1. The summed E-state index contributed by atoms with van der Waals surface area (Å²) in [4.78, 5) is 14.7. The van der Waals surface area contributed by atoms with Crippen molar-refractivity contribution in [2.24, 2.45) is 0 Å². The zero-order chi connectivity index (χ0) is 14.8. The summed E-state index contributed by atoms with van der Waals surface area (Å²) < 4.78 is 1.91. The number of hydrogen-bond donors (Lipinski definition) is 1. The minimum Gasteiger partial charge on any atom is -0.481 e. The van der Waals surface area contributed by atoms with E-state index in [4.69, 9.17) is 5.11 Å². The predicted molar refractivity (Wildman–Crippen MR) is 77.8 cm³/mol. The zero-order valence-electron chi connectivity index (χ0n) is 12.1. The molecule has 1 aromatic carbocycles. The summed E-state index contributed by atoms with van der Waals surface area (Å²) in [5.74, 6) is -0.857. The van der Waals surface area contributed by atoms with E-state index in [9.17, 15) is 4.79 Å². The van der Waals surface area contributed by atoms with Crippen LogP contribution in [-0.4, -0.2) is 20.6 Å². The molecule has 106 valence electrons. The van der Waals surface area contributed by atoms with Gasteiger partial charge in [-0.25, -0.2) is 4.98 Å². The first-order valence-electron chi connectivity index (χ1n) is 6.66. The number of carbonyl (C=O) groups is 1. The van der Waals surface area contributed by atoms with E-state index in [0.29, 0.717) is 12.2 Å². The molecule has 4 nitrogen and oxygen atoms in total. The largest absolute Gasteiger partial charge is 0.481 e. The lowest BCUT2D eigenvalue weighted by atomic mass is 9.87. The standard InChI is InChI=1S/C16H20N2O2/c1-16(2,3)13-6-4-12(5-7-13)9-18-10-14(17-11-18)8-15(19)20/h4-7,10-11H,8-9H2,1-3H3,(H,19,20). The lowest BCUT2D eigenvalue weighted by molar-refractivity contribution is -0.136. The molecule has 0 amide bonds. The maximum absolute atomic E-state index is 10.6. The van der Waals surface area contributed by atoms with Crippen LogP contribution in [0.2, 0.25) is 0 Å². The Morgan fingerprint density at radius 3 is 2.45 bits per heavy atom. The molecule has 0 unspecified atom stereocenters. The zero-order valence-corrected chi connectivity index (χ0v) is 12.1.